The number of nitrogen functional groups attached to an aromatic ring is 1. The zero-order valence-electron chi connectivity index (χ0n) is 15.8. The Kier molecular flexibility index (Phi) is 5.60. The van der Waals surface area contributed by atoms with Crippen molar-refractivity contribution in [3.05, 3.63) is 35.0 Å². The van der Waals surface area contributed by atoms with Crippen LogP contribution in [0.4, 0.5) is 5.82 Å². The topological polar surface area (TPSA) is 129 Å². The number of hydrogen-bond acceptors (Lipinski definition) is 6. The number of phenolic OH excluding ortho intramolecular Hbond substituents is 1. The number of pyridine rings is 1. The molecule has 0 aliphatic heterocycles. The summed E-state index contributed by atoms with van der Waals surface area (Å²) in [5.74, 6) is 1.24. The maximum absolute atomic E-state index is 9.91. The first-order valence-electron chi connectivity index (χ1n) is 8.37. The number of hydrogen-bond donors (Lipinski definition) is 3. The summed E-state index contributed by atoms with van der Waals surface area (Å²) in [5, 5.41) is 26.4. The van der Waals surface area contributed by atoms with E-state index in [9.17, 15) is 10.4 Å². The van der Waals surface area contributed by atoms with E-state index in [0.717, 1.165) is 17.7 Å². The molecule has 0 amide bonds. The molecule has 1 atom stereocenters. The van der Waals surface area contributed by atoms with E-state index in [1.165, 1.54) is 0 Å². The van der Waals surface area contributed by atoms with Crippen molar-refractivity contribution in [2.45, 2.75) is 33.1 Å². The van der Waals surface area contributed by atoms with Crippen LogP contribution in [0.3, 0.4) is 0 Å². The molecule has 0 saturated heterocycles. The normalized spacial score (nSPS) is 16.5. The summed E-state index contributed by atoms with van der Waals surface area (Å²) in [7, 11) is 1.56. The van der Waals surface area contributed by atoms with Gasteiger partial charge in [-0.1, -0.05) is 13.8 Å². The van der Waals surface area contributed by atoms with Gasteiger partial charge in [0.05, 0.1) is 12.8 Å². The molecule has 3 rings (SSSR count). The van der Waals surface area contributed by atoms with Crippen LogP contribution in [0, 0.1) is 23.7 Å². The molecule has 142 valence electrons. The molecule has 7 nitrogen and oxygen atoms in total. The Balaban J connectivity index is 0.000000817. The van der Waals surface area contributed by atoms with Gasteiger partial charge in [-0.25, -0.2) is 4.98 Å². The van der Waals surface area contributed by atoms with Gasteiger partial charge >= 0.3 is 0 Å². The second-order valence-electron chi connectivity index (χ2n) is 7.10. The minimum Gasteiger partial charge on any atom is -0.508 e. The fraction of sp³-hybridized carbons (Fsp3) is 0.350. The molecule has 1 aromatic heterocycles. The molecular formula is C20H23N3O4. The molecule has 0 spiro atoms. The summed E-state index contributed by atoms with van der Waals surface area (Å²) in [4.78, 5) is 12.9. The number of methoxy groups -OCH3 is 1. The highest BCUT2D eigenvalue weighted by Gasteiger charge is 2.48. The number of nitrogens with zero attached hydrogens (tertiary/aromatic N) is 2. The van der Waals surface area contributed by atoms with Crippen LogP contribution in [0.2, 0.25) is 0 Å². The van der Waals surface area contributed by atoms with Crippen molar-refractivity contribution < 1.29 is 19.7 Å². The van der Waals surface area contributed by atoms with Crippen molar-refractivity contribution in [3.63, 3.8) is 0 Å². The van der Waals surface area contributed by atoms with Gasteiger partial charge in [-0.05, 0) is 42.5 Å². The molecule has 7 heteroatoms. The van der Waals surface area contributed by atoms with Gasteiger partial charge < -0.3 is 20.7 Å². The fourth-order valence-electron chi connectivity index (χ4n) is 3.33. The Morgan fingerprint density at radius 3 is 2.52 bits per heavy atom. The minimum absolute atomic E-state index is 0.109. The van der Waals surface area contributed by atoms with E-state index in [-0.39, 0.29) is 23.5 Å². The largest absolute Gasteiger partial charge is 0.508 e. The van der Waals surface area contributed by atoms with Crippen molar-refractivity contribution in [1.29, 1.82) is 5.26 Å². The minimum atomic E-state index is -0.250. The van der Waals surface area contributed by atoms with E-state index in [1.54, 1.807) is 25.3 Å². The third-order valence-electron chi connectivity index (χ3n) is 4.91. The van der Waals surface area contributed by atoms with E-state index in [2.05, 4.69) is 24.9 Å². The highest BCUT2D eigenvalue weighted by atomic mass is 16.5. The predicted octanol–water partition coefficient (Wildman–Crippen LogP) is 3.44. The van der Waals surface area contributed by atoms with Crippen molar-refractivity contribution in [2.24, 2.45) is 5.41 Å². The third-order valence-corrected chi connectivity index (χ3v) is 4.91. The van der Waals surface area contributed by atoms with E-state index in [4.69, 9.17) is 20.4 Å². The van der Waals surface area contributed by atoms with E-state index < -0.39 is 0 Å². The molecular weight excluding hydrogens is 346 g/mol. The number of nitrogens with two attached hydrogens (primary N) is 1. The number of carboxylic acid groups (broad SMARTS) is 1. The predicted molar refractivity (Wildman–Crippen MR) is 102 cm³/mol. The number of ether oxygens (including phenoxy) is 1. The molecule has 0 radical (unpaired) electrons. The Bertz CT molecular complexity index is 916. The standard InChI is InChI=1S/C19H21N3O2.CH2O2/c1-10-16(12-7-11(23)5-6-15(12)24-4)13(9-20)18(21)22-17(10)14-8-19(14,2)3;2-1-3/h5-7,14,23H,8H2,1-4H3,(H2,21,22);1H,(H,2,3). The highest BCUT2D eigenvalue weighted by molar-refractivity contribution is 5.83. The molecule has 1 unspecified atom stereocenters. The first-order valence-corrected chi connectivity index (χ1v) is 8.37. The summed E-state index contributed by atoms with van der Waals surface area (Å²) >= 11 is 0. The quantitative estimate of drug-likeness (QED) is 0.707. The van der Waals surface area contributed by atoms with Crippen molar-refractivity contribution in [2.75, 3.05) is 12.8 Å². The lowest BCUT2D eigenvalue weighted by molar-refractivity contribution is -0.122. The molecule has 1 aliphatic rings. The van der Waals surface area contributed by atoms with Gasteiger partial charge in [0.1, 0.15) is 28.9 Å². The van der Waals surface area contributed by atoms with Crippen molar-refractivity contribution in [3.8, 4) is 28.7 Å². The second kappa shape index (κ2) is 7.54. The van der Waals surface area contributed by atoms with E-state index in [0.29, 0.717) is 28.4 Å². The number of benzene rings is 1. The first-order chi connectivity index (χ1) is 12.7. The number of nitriles is 1. The molecule has 1 fully saturated rings. The number of anilines is 1. The number of aromatic hydroxyl groups is 1. The van der Waals surface area contributed by atoms with Crippen LogP contribution in [-0.4, -0.2) is 28.8 Å². The molecule has 1 aromatic carbocycles. The molecule has 1 heterocycles. The number of aromatic nitrogens is 1. The lowest BCUT2D eigenvalue weighted by atomic mass is 9.91. The average Bonchev–Trinajstić information content (AvgIpc) is 3.24. The lowest BCUT2D eigenvalue weighted by Crippen LogP contribution is -2.07. The van der Waals surface area contributed by atoms with Crippen LogP contribution in [0.25, 0.3) is 11.1 Å². The van der Waals surface area contributed by atoms with Crippen LogP contribution < -0.4 is 10.5 Å². The fourth-order valence-corrected chi connectivity index (χ4v) is 3.33. The summed E-state index contributed by atoms with van der Waals surface area (Å²) in [6.45, 7) is 6.10. The Morgan fingerprint density at radius 2 is 2.04 bits per heavy atom. The molecule has 2 aromatic rings. The van der Waals surface area contributed by atoms with E-state index >= 15 is 0 Å². The van der Waals surface area contributed by atoms with E-state index in [1.807, 2.05) is 6.92 Å². The number of carbonyl (C=O) groups is 1. The highest BCUT2D eigenvalue weighted by Crippen LogP contribution is 2.59. The number of rotatable bonds is 3. The van der Waals surface area contributed by atoms with Gasteiger partial charge in [-0.2, -0.15) is 5.26 Å². The van der Waals surface area contributed by atoms with Crippen LogP contribution in [0.5, 0.6) is 11.5 Å². The second-order valence-corrected chi connectivity index (χ2v) is 7.10. The Hall–Kier alpha value is -3.27. The molecule has 0 bridgehead atoms. The first kappa shape index (κ1) is 20.0. The Labute approximate surface area is 158 Å². The maximum Gasteiger partial charge on any atom is 0.290 e. The molecule has 1 saturated carbocycles. The summed E-state index contributed by atoms with van der Waals surface area (Å²) < 4.78 is 5.42. The molecule has 27 heavy (non-hydrogen) atoms. The molecule has 1 aliphatic carbocycles. The van der Waals surface area contributed by atoms with Gasteiger partial charge in [0.25, 0.3) is 6.47 Å². The molecule has 4 N–H and O–H groups in total. The van der Waals surface area contributed by atoms with Crippen LogP contribution in [0.15, 0.2) is 18.2 Å². The zero-order chi connectivity index (χ0) is 20.4. The Morgan fingerprint density at radius 1 is 1.44 bits per heavy atom. The van der Waals surface area contributed by atoms with Crippen molar-refractivity contribution in [1.82, 2.24) is 4.98 Å². The summed E-state index contributed by atoms with van der Waals surface area (Å²) in [6.07, 6.45) is 1.04. The smallest absolute Gasteiger partial charge is 0.290 e. The lowest BCUT2D eigenvalue weighted by Gasteiger charge is -2.18. The van der Waals surface area contributed by atoms with Crippen LogP contribution in [0.1, 0.15) is 43.0 Å². The third kappa shape index (κ3) is 3.80. The summed E-state index contributed by atoms with van der Waals surface area (Å²) in [5.41, 5.74) is 9.78. The van der Waals surface area contributed by atoms with Crippen molar-refractivity contribution >= 4 is 12.3 Å². The summed E-state index contributed by atoms with van der Waals surface area (Å²) in [6, 6.07) is 6.99. The SMILES string of the molecule is COc1ccc(O)cc1-c1c(C)c(C2CC2(C)C)nc(N)c1C#N.O=CO. The van der Waals surface area contributed by atoms with Gasteiger partial charge in [0.2, 0.25) is 0 Å². The monoisotopic (exact) mass is 369 g/mol. The zero-order valence-corrected chi connectivity index (χ0v) is 15.8. The maximum atomic E-state index is 9.91. The van der Waals surface area contributed by atoms with Gasteiger partial charge in [-0.15, -0.1) is 0 Å². The van der Waals surface area contributed by atoms with Crippen LogP contribution in [-0.2, 0) is 4.79 Å². The van der Waals surface area contributed by atoms with Gasteiger partial charge in [-0.3, -0.25) is 4.79 Å². The van der Waals surface area contributed by atoms with Gasteiger partial charge in [0.15, 0.2) is 0 Å². The number of phenols is 1. The average molecular weight is 369 g/mol. The van der Waals surface area contributed by atoms with Crippen LogP contribution >= 0.6 is 0 Å². The van der Waals surface area contributed by atoms with Gasteiger partial charge in [0, 0.05) is 17.0 Å².